The van der Waals surface area contributed by atoms with Gasteiger partial charge in [0.1, 0.15) is 0 Å². The van der Waals surface area contributed by atoms with Crippen molar-refractivity contribution in [3.05, 3.63) is 35.4 Å². The maximum absolute atomic E-state index is 12.3. The number of unbranched alkanes of at least 4 members (excludes halogenated alkanes) is 1. The molecule has 3 rings (SSSR count). The number of guanidine groups is 1. The summed E-state index contributed by atoms with van der Waals surface area (Å²) in [5.74, 6) is 0.416. The van der Waals surface area contributed by atoms with Crippen LogP contribution in [0.3, 0.4) is 0 Å². The molecule has 0 aromatic heterocycles. The number of benzene rings is 1. The molecule has 2 aliphatic heterocycles. The number of ether oxygens (including phenoxy) is 1. The molecule has 0 radical (unpaired) electrons. The van der Waals surface area contributed by atoms with Crippen LogP contribution in [-0.4, -0.2) is 61.6 Å². The fourth-order valence-electron chi connectivity index (χ4n) is 3.37. The highest BCUT2D eigenvalue weighted by Gasteiger charge is 2.34. The fraction of sp³-hybridized carbons (Fsp3) is 0.550. The van der Waals surface area contributed by atoms with Crippen molar-refractivity contribution in [3.8, 4) is 0 Å². The van der Waals surface area contributed by atoms with E-state index < -0.39 is 0 Å². The lowest BCUT2D eigenvalue weighted by molar-refractivity contribution is 0.0652. The van der Waals surface area contributed by atoms with Crippen molar-refractivity contribution in [1.82, 2.24) is 15.5 Å². The van der Waals surface area contributed by atoms with Crippen molar-refractivity contribution in [3.63, 3.8) is 0 Å². The summed E-state index contributed by atoms with van der Waals surface area (Å²) in [5.41, 5.74) is 1.02. The summed E-state index contributed by atoms with van der Waals surface area (Å²) >= 11 is 0. The topological polar surface area (TPSA) is 83.0 Å². The normalized spacial score (nSPS) is 18.8. The Bertz CT molecular complexity index is 669. The smallest absolute Gasteiger partial charge is 0.261 e. The predicted octanol–water partition coefficient (Wildman–Crippen LogP) is 2.41. The van der Waals surface area contributed by atoms with Crippen molar-refractivity contribution in [2.75, 3.05) is 32.8 Å². The molecule has 1 saturated heterocycles. The molecule has 8 heteroatoms. The SMILES string of the molecule is CCNC(=NCC1CCCO1)NCCCCN1C(=O)c2ccccc2C1=O.I. The van der Waals surface area contributed by atoms with Gasteiger partial charge in [-0.2, -0.15) is 0 Å². The summed E-state index contributed by atoms with van der Waals surface area (Å²) in [7, 11) is 0. The van der Waals surface area contributed by atoms with E-state index in [0.29, 0.717) is 24.2 Å². The van der Waals surface area contributed by atoms with Gasteiger partial charge in [-0.25, -0.2) is 0 Å². The quantitative estimate of drug-likeness (QED) is 0.188. The molecule has 2 heterocycles. The largest absolute Gasteiger partial charge is 0.376 e. The minimum atomic E-state index is -0.185. The van der Waals surface area contributed by atoms with E-state index in [9.17, 15) is 9.59 Å². The van der Waals surface area contributed by atoms with E-state index in [2.05, 4.69) is 15.6 Å². The standard InChI is InChI=1S/C20H28N4O3.HI/c1-2-21-20(23-14-15-8-7-13-27-15)22-11-5-6-12-24-18(25)16-9-3-4-10-17(16)19(24)26;/h3-4,9-10,15H,2,5-8,11-14H2,1H3,(H2,21,22,23);1H. The maximum atomic E-state index is 12.3. The first kappa shape index (κ1) is 22.6. The Morgan fingerprint density at radius 1 is 1.18 bits per heavy atom. The van der Waals surface area contributed by atoms with Crippen molar-refractivity contribution in [2.24, 2.45) is 4.99 Å². The van der Waals surface area contributed by atoms with Crippen LogP contribution in [-0.2, 0) is 4.74 Å². The van der Waals surface area contributed by atoms with Crippen molar-refractivity contribution in [1.29, 1.82) is 0 Å². The molecule has 1 atom stereocenters. The summed E-state index contributed by atoms with van der Waals surface area (Å²) in [5, 5.41) is 6.53. The van der Waals surface area contributed by atoms with Gasteiger partial charge in [0, 0.05) is 26.2 Å². The van der Waals surface area contributed by atoms with Crippen LogP contribution in [0, 0.1) is 0 Å². The second-order valence-corrected chi connectivity index (χ2v) is 6.80. The van der Waals surface area contributed by atoms with Crippen LogP contribution in [0.5, 0.6) is 0 Å². The first-order valence-corrected chi connectivity index (χ1v) is 9.79. The third-order valence-electron chi connectivity index (χ3n) is 4.80. The van der Waals surface area contributed by atoms with Gasteiger partial charge in [-0.05, 0) is 44.7 Å². The molecule has 0 bridgehead atoms. The van der Waals surface area contributed by atoms with Crippen molar-refractivity contribution in [2.45, 2.75) is 38.7 Å². The zero-order valence-corrected chi connectivity index (χ0v) is 18.6. The van der Waals surface area contributed by atoms with E-state index in [0.717, 1.165) is 51.3 Å². The average molecular weight is 500 g/mol. The van der Waals surface area contributed by atoms with Gasteiger partial charge in [0.15, 0.2) is 5.96 Å². The number of aliphatic imine (C=N–C) groups is 1. The van der Waals surface area contributed by atoms with Crippen LogP contribution in [0.2, 0.25) is 0 Å². The van der Waals surface area contributed by atoms with Crippen LogP contribution in [0.1, 0.15) is 53.3 Å². The van der Waals surface area contributed by atoms with Gasteiger partial charge in [-0.3, -0.25) is 19.5 Å². The summed E-state index contributed by atoms with van der Waals surface area (Å²) in [6.07, 6.45) is 4.02. The maximum Gasteiger partial charge on any atom is 0.261 e. The molecule has 154 valence electrons. The van der Waals surface area contributed by atoms with Crippen molar-refractivity contribution < 1.29 is 14.3 Å². The molecule has 0 spiro atoms. The molecule has 2 aliphatic rings. The Kier molecular flexibility index (Phi) is 9.17. The van der Waals surface area contributed by atoms with E-state index in [-0.39, 0.29) is 41.9 Å². The predicted molar refractivity (Wildman–Crippen MR) is 119 cm³/mol. The molecular formula is C20H29IN4O3. The Hall–Kier alpha value is -1.68. The molecule has 28 heavy (non-hydrogen) atoms. The number of hydrogen-bond donors (Lipinski definition) is 2. The number of rotatable bonds is 8. The summed E-state index contributed by atoms with van der Waals surface area (Å²) in [4.78, 5) is 30.6. The van der Waals surface area contributed by atoms with Gasteiger partial charge < -0.3 is 15.4 Å². The molecule has 7 nitrogen and oxygen atoms in total. The lowest BCUT2D eigenvalue weighted by Crippen LogP contribution is -2.38. The summed E-state index contributed by atoms with van der Waals surface area (Å²) < 4.78 is 5.60. The highest BCUT2D eigenvalue weighted by molar-refractivity contribution is 14.0. The van der Waals surface area contributed by atoms with Crippen LogP contribution >= 0.6 is 24.0 Å². The number of amides is 2. The minimum Gasteiger partial charge on any atom is -0.376 e. The zero-order chi connectivity index (χ0) is 19.1. The number of hydrogen-bond acceptors (Lipinski definition) is 4. The van der Waals surface area contributed by atoms with Crippen LogP contribution in [0.15, 0.2) is 29.3 Å². The number of carbonyl (C=O) groups is 2. The Balaban J connectivity index is 0.00000280. The van der Waals surface area contributed by atoms with E-state index in [4.69, 9.17) is 4.74 Å². The third-order valence-corrected chi connectivity index (χ3v) is 4.80. The van der Waals surface area contributed by atoms with Gasteiger partial charge in [0.25, 0.3) is 11.8 Å². The zero-order valence-electron chi connectivity index (χ0n) is 16.3. The molecule has 2 N–H and O–H groups in total. The monoisotopic (exact) mass is 500 g/mol. The van der Waals surface area contributed by atoms with Gasteiger partial charge in [-0.15, -0.1) is 24.0 Å². The number of nitrogens with one attached hydrogen (secondary N) is 2. The number of imide groups is 1. The van der Waals surface area contributed by atoms with Crippen molar-refractivity contribution >= 4 is 41.8 Å². The molecular weight excluding hydrogens is 471 g/mol. The van der Waals surface area contributed by atoms with E-state index >= 15 is 0 Å². The highest BCUT2D eigenvalue weighted by Crippen LogP contribution is 2.22. The molecule has 1 fully saturated rings. The molecule has 1 aromatic carbocycles. The van der Waals surface area contributed by atoms with Gasteiger partial charge in [-0.1, -0.05) is 12.1 Å². The number of halogens is 1. The average Bonchev–Trinajstić information content (AvgIpc) is 3.28. The van der Waals surface area contributed by atoms with E-state index in [1.807, 2.05) is 6.92 Å². The van der Waals surface area contributed by atoms with Crippen LogP contribution in [0.4, 0.5) is 0 Å². The van der Waals surface area contributed by atoms with Crippen LogP contribution in [0.25, 0.3) is 0 Å². The van der Waals surface area contributed by atoms with Crippen LogP contribution < -0.4 is 10.6 Å². The Morgan fingerprint density at radius 2 is 1.89 bits per heavy atom. The molecule has 2 amide bonds. The highest BCUT2D eigenvalue weighted by atomic mass is 127. The lowest BCUT2D eigenvalue weighted by Gasteiger charge is -2.15. The van der Waals surface area contributed by atoms with Gasteiger partial charge in [0.05, 0.1) is 23.8 Å². The van der Waals surface area contributed by atoms with E-state index in [1.54, 1.807) is 24.3 Å². The number of fused-ring (bicyclic) bond motifs is 1. The second kappa shape index (κ2) is 11.4. The molecule has 0 saturated carbocycles. The van der Waals surface area contributed by atoms with Gasteiger partial charge in [0.2, 0.25) is 0 Å². The summed E-state index contributed by atoms with van der Waals surface area (Å²) in [6.45, 7) is 5.52. The fourth-order valence-corrected chi connectivity index (χ4v) is 3.37. The summed E-state index contributed by atoms with van der Waals surface area (Å²) in [6, 6.07) is 7.00. The first-order valence-electron chi connectivity index (χ1n) is 9.79. The first-order chi connectivity index (χ1) is 13.2. The second-order valence-electron chi connectivity index (χ2n) is 6.80. The molecule has 1 aromatic rings. The van der Waals surface area contributed by atoms with Gasteiger partial charge >= 0.3 is 0 Å². The Labute approximate surface area is 183 Å². The third kappa shape index (κ3) is 5.66. The lowest BCUT2D eigenvalue weighted by atomic mass is 10.1. The number of carbonyl (C=O) groups excluding carboxylic acids is 2. The minimum absolute atomic E-state index is 0. The number of nitrogens with zero attached hydrogens (tertiary/aromatic N) is 2. The van der Waals surface area contributed by atoms with E-state index in [1.165, 1.54) is 4.90 Å². The molecule has 0 aliphatic carbocycles. The molecule has 1 unspecified atom stereocenters. The Morgan fingerprint density at radius 3 is 2.50 bits per heavy atom.